The normalized spacial score (nSPS) is 17.3. The van der Waals surface area contributed by atoms with E-state index in [4.69, 9.17) is 16.3 Å². The SMILES string of the molecule is CCn1cnnc1CNC1CCCc2ccc(OC)c(Cl)c21. The van der Waals surface area contributed by atoms with Gasteiger partial charge in [0.05, 0.1) is 18.7 Å². The molecule has 6 heteroatoms. The molecule has 0 aliphatic heterocycles. The van der Waals surface area contributed by atoms with Crippen molar-refractivity contribution in [3.8, 4) is 5.75 Å². The second-order valence-corrected chi connectivity index (χ2v) is 5.89. The van der Waals surface area contributed by atoms with Gasteiger partial charge in [-0.25, -0.2) is 0 Å². The van der Waals surface area contributed by atoms with Gasteiger partial charge in [-0.05, 0) is 43.4 Å². The number of nitrogens with one attached hydrogen (secondary N) is 1. The number of aryl methyl sites for hydroxylation is 2. The van der Waals surface area contributed by atoms with E-state index in [1.807, 2.05) is 10.6 Å². The van der Waals surface area contributed by atoms with Gasteiger partial charge in [-0.15, -0.1) is 10.2 Å². The molecule has 5 nitrogen and oxygen atoms in total. The summed E-state index contributed by atoms with van der Waals surface area (Å²) in [6.07, 6.45) is 5.07. The molecule has 1 aromatic heterocycles. The van der Waals surface area contributed by atoms with Crippen molar-refractivity contribution in [3.63, 3.8) is 0 Å². The highest BCUT2D eigenvalue weighted by molar-refractivity contribution is 6.33. The maximum atomic E-state index is 6.54. The van der Waals surface area contributed by atoms with Crippen molar-refractivity contribution in [3.05, 3.63) is 40.4 Å². The van der Waals surface area contributed by atoms with Crippen LogP contribution in [0.25, 0.3) is 0 Å². The predicted molar refractivity (Wildman–Crippen MR) is 86.2 cm³/mol. The molecule has 0 saturated heterocycles. The number of rotatable bonds is 5. The molecule has 1 unspecified atom stereocenters. The van der Waals surface area contributed by atoms with Gasteiger partial charge in [-0.3, -0.25) is 0 Å². The Morgan fingerprint density at radius 1 is 1.45 bits per heavy atom. The molecule has 1 aliphatic rings. The molecule has 22 heavy (non-hydrogen) atoms. The molecule has 0 radical (unpaired) electrons. The Morgan fingerprint density at radius 2 is 2.32 bits per heavy atom. The lowest BCUT2D eigenvalue weighted by molar-refractivity contribution is 0.407. The molecule has 118 valence electrons. The summed E-state index contributed by atoms with van der Waals surface area (Å²) in [5, 5.41) is 12.5. The summed E-state index contributed by atoms with van der Waals surface area (Å²) in [6.45, 7) is 3.65. The first-order valence-electron chi connectivity index (χ1n) is 7.70. The van der Waals surface area contributed by atoms with Crippen LogP contribution in [0.4, 0.5) is 0 Å². The van der Waals surface area contributed by atoms with Crippen LogP contribution in [-0.2, 0) is 19.5 Å². The third-order valence-electron chi connectivity index (χ3n) is 4.28. The number of ether oxygens (including phenoxy) is 1. The van der Waals surface area contributed by atoms with E-state index in [9.17, 15) is 0 Å². The molecule has 3 rings (SSSR count). The Hall–Kier alpha value is -1.59. The minimum absolute atomic E-state index is 0.230. The number of benzene rings is 1. The summed E-state index contributed by atoms with van der Waals surface area (Å²) in [4.78, 5) is 0. The van der Waals surface area contributed by atoms with Crippen LogP contribution in [0.2, 0.25) is 5.02 Å². The Labute approximate surface area is 135 Å². The van der Waals surface area contributed by atoms with Crippen molar-refractivity contribution in [1.82, 2.24) is 20.1 Å². The largest absolute Gasteiger partial charge is 0.495 e. The molecule has 0 amide bonds. The Bertz CT molecular complexity index is 656. The number of fused-ring (bicyclic) bond motifs is 1. The zero-order valence-electron chi connectivity index (χ0n) is 13.0. The highest BCUT2D eigenvalue weighted by atomic mass is 35.5. The number of aromatic nitrogens is 3. The summed E-state index contributed by atoms with van der Waals surface area (Å²) in [6, 6.07) is 4.31. The first-order valence-corrected chi connectivity index (χ1v) is 8.07. The summed E-state index contributed by atoms with van der Waals surface area (Å²) < 4.78 is 7.41. The molecule has 0 saturated carbocycles. The molecule has 1 aliphatic carbocycles. The van der Waals surface area contributed by atoms with Crippen molar-refractivity contribution in [2.24, 2.45) is 0 Å². The van der Waals surface area contributed by atoms with Gasteiger partial charge < -0.3 is 14.6 Å². The first kappa shape index (κ1) is 15.3. The summed E-state index contributed by atoms with van der Waals surface area (Å²) >= 11 is 6.54. The number of nitrogens with zero attached hydrogens (tertiary/aromatic N) is 3. The number of methoxy groups -OCH3 is 1. The minimum Gasteiger partial charge on any atom is -0.495 e. The second-order valence-electron chi connectivity index (χ2n) is 5.51. The molecule has 1 heterocycles. The van der Waals surface area contributed by atoms with Gasteiger partial charge in [-0.1, -0.05) is 17.7 Å². The predicted octanol–water partition coefficient (Wildman–Crippen LogP) is 3.13. The van der Waals surface area contributed by atoms with Gasteiger partial charge >= 0.3 is 0 Å². The van der Waals surface area contributed by atoms with Crippen LogP contribution in [0.1, 0.15) is 42.8 Å². The highest BCUT2D eigenvalue weighted by Crippen LogP contribution is 2.40. The summed E-state index contributed by atoms with van der Waals surface area (Å²) in [7, 11) is 1.66. The molecule has 1 atom stereocenters. The van der Waals surface area contributed by atoms with E-state index >= 15 is 0 Å². The van der Waals surface area contributed by atoms with Gasteiger partial charge in [0.2, 0.25) is 0 Å². The molecular formula is C16H21ClN4O. The topological polar surface area (TPSA) is 52.0 Å². The van der Waals surface area contributed by atoms with Crippen molar-refractivity contribution in [1.29, 1.82) is 0 Å². The quantitative estimate of drug-likeness (QED) is 0.919. The van der Waals surface area contributed by atoms with Gasteiger partial charge in [0.15, 0.2) is 0 Å². The third-order valence-corrected chi connectivity index (χ3v) is 4.67. The standard InChI is InChI=1S/C16H21ClN4O/c1-3-21-10-19-20-14(21)9-18-12-6-4-5-11-7-8-13(22-2)16(17)15(11)12/h7-8,10,12,18H,3-6,9H2,1-2H3. The molecule has 0 bridgehead atoms. The first-order chi connectivity index (χ1) is 10.7. The molecule has 0 spiro atoms. The fraction of sp³-hybridized carbons (Fsp3) is 0.500. The number of halogens is 1. The van der Waals surface area contributed by atoms with Crippen LogP contribution in [0, 0.1) is 0 Å². The maximum absolute atomic E-state index is 6.54. The van der Waals surface area contributed by atoms with E-state index in [1.165, 1.54) is 11.1 Å². The molecule has 0 fully saturated rings. The minimum atomic E-state index is 0.230. The van der Waals surface area contributed by atoms with Crippen molar-refractivity contribution < 1.29 is 4.74 Å². The van der Waals surface area contributed by atoms with E-state index in [2.05, 4.69) is 28.5 Å². The lowest BCUT2D eigenvalue weighted by Gasteiger charge is -2.28. The summed E-state index contributed by atoms with van der Waals surface area (Å²) in [5.41, 5.74) is 2.49. The average molecular weight is 321 g/mol. The van der Waals surface area contributed by atoms with Crippen LogP contribution in [-0.4, -0.2) is 21.9 Å². The van der Waals surface area contributed by atoms with Crippen LogP contribution < -0.4 is 10.1 Å². The third kappa shape index (κ3) is 2.83. The Kier molecular flexibility index (Phi) is 4.64. The summed E-state index contributed by atoms with van der Waals surface area (Å²) in [5.74, 6) is 1.69. The van der Waals surface area contributed by atoms with Gasteiger partial charge in [0.1, 0.15) is 17.9 Å². The van der Waals surface area contributed by atoms with Gasteiger partial charge in [0.25, 0.3) is 0 Å². The van der Waals surface area contributed by atoms with Gasteiger partial charge in [-0.2, -0.15) is 0 Å². The Balaban J connectivity index is 1.82. The maximum Gasteiger partial charge on any atom is 0.146 e. The highest BCUT2D eigenvalue weighted by Gasteiger charge is 2.25. The molecular weight excluding hydrogens is 300 g/mol. The van der Waals surface area contributed by atoms with Crippen molar-refractivity contribution in [2.45, 2.75) is 45.3 Å². The fourth-order valence-electron chi connectivity index (χ4n) is 3.10. The average Bonchev–Trinajstić information content (AvgIpc) is 3.00. The van der Waals surface area contributed by atoms with Gasteiger partial charge in [0, 0.05) is 12.6 Å². The lowest BCUT2D eigenvalue weighted by Crippen LogP contribution is -2.26. The van der Waals surface area contributed by atoms with Crippen LogP contribution in [0.3, 0.4) is 0 Å². The number of hydrogen-bond donors (Lipinski definition) is 1. The number of hydrogen-bond acceptors (Lipinski definition) is 4. The van der Waals surface area contributed by atoms with Crippen LogP contribution in [0.15, 0.2) is 18.5 Å². The molecule has 1 aromatic carbocycles. The molecule has 2 aromatic rings. The van der Waals surface area contributed by atoms with Crippen LogP contribution in [0.5, 0.6) is 5.75 Å². The monoisotopic (exact) mass is 320 g/mol. The van der Waals surface area contributed by atoms with Crippen molar-refractivity contribution >= 4 is 11.6 Å². The zero-order valence-corrected chi connectivity index (χ0v) is 13.7. The Morgan fingerprint density at radius 3 is 3.09 bits per heavy atom. The molecule has 1 N–H and O–H groups in total. The van der Waals surface area contributed by atoms with Crippen molar-refractivity contribution in [2.75, 3.05) is 7.11 Å². The van der Waals surface area contributed by atoms with E-state index in [0.717, 1.165) is 42.4 Å². The van der Waals surface area contributed by atoms with E-state index in [0.29, 0.717) is 6.54 Å². The fourth-order valence-corrected chi connectivity index (χ4v) is 3.50. The zero-order chi connectivity index (χ0) is 15.5. The van der Waals surface area contributed by atoms with E-state index in [1.54, 1.807) is 13.4 Å². The lowest BCUT2D eigenvalue weighted by atomic mass is 9.87. The second kappa shape index (κ2) is 6.67. The van der Waals surface area contributed by atoms with Crippen LogP contribution >= 0.6 is 11.6 Å². The van der Waals surface area contributed by atoms with E-state index in [-0.39, 0.29) is 6.04 Å². The smallest absolute Gasteiger partial charge is 0.146 e. The van der Waals surface area contributed by atoms with E-state index < -0.39 is 0 Å².